The Morgan fingerprint density at radius 1 is 1.26 bits per heavy atom. The number of nitrogens with one attached hydrogen (secondary N) is 1. The molecule has 1 fully saturated rings. The molecule has 1 unspecified atom stereocenters. The highest BCUT2D eigenvalue weighted by atomic mass is 16.5. The summed E-state index contributed by atoms with van der Waals surface area (Å²) in [5.41, 5.74) is 6.01. The van der Waals surface area contributed by atoms with Crippen LogP contribution in [0.4, 0.5) is 0 Å². The molecule has 1 aromatic rings. The Hall–Kier alpha value is -1.92. The Kier molecular flexibility index (Phi) is 4.26. The van der Waals surface area contributed by atoms with Gasteiger partial charge in [0.25, 0.3) is 5.91 Å². The van der Waals surface area contributed by atoms with Crippen molar-refractivity contribution in [2.45, 2.75) is 45.2 Å². The first-order valence-electron chi connectivity index (χ1n) is 7.70. The maximum absolute atomic E-state index is 13.0. The topological polar surface area (TPSA) is 95.7 Å². The molecule has 1 saturated heterocycles. The van der Waals surface area contributed by atoms with E-state index in [0.717, 1.165) is 5.56 Å². The number of nitrogens with two attached hydrogens (primary N) is 1. The fourth-order valence-corrected chi connectivity index (χ4v) is 3.03. The molecule has 0 aliphatic carbocycles. The second-order valence-corrected chi connectivity index (χ2v) is 7.17. The summed E-state index contributed by atoms with van der Waals surface area (Å²) < 4.78 is 0. The number of amides is 2. The summed E-state index contributed by atoms with van der Waals surface area (Å²) >= 11 is 0. The normalized spacial score (nSPS) is 22.3. The third-order valence-corrected chi connectivity index (χ3v) is 5.52. The Balaban J connectivity index is 2.37. The van der Waals surface area contributed by atoms with Gasteiger partial charge < -0.3 is 10.6 Å². The molecule has 0 saturated carbocycles. The Bertz CT molecular complexity index is 613. The quantitative estimate of drug-likeness (QED) is 0.577. The summed E-state index contributed by atoms with van der Waals surface area (Å²) in [7, 11) is 0. The molecule has 6 nitrogen and oxygen atoms in total. The van der Waals surface area contributed by atoms with Crippen molar-refractivity contribution in [3.8, 4) is 0 Å². The molecule has 0 radical (unpaired) electrons. The van der Waals surface area contributed by atoms with Crippen LogP contribution in [0.1, 0.15) is 39.7 Å². The van der Waals surface area contributed by atoms with Crippen LogP contribution in [0.25, 0.3) is 0 Å². The molecular formula is C17H25N3O3. The summed E-state index contributed by atoms with van der Waals surface area (Å²) in [6.07, 6.45) is 0.482. The molecule has 1 aliphatic rings. The summed E-state index contributed by atoms with van der Waals surface area (Å²) in [6.45, 7) is 7.49. The largest absolute Gasteiger partial charge is 0.335 e. The number of benzene rings is 1. The second-order valence-electron chi connectivity index (χ2n) is 7.17. The average Bonchev–Trinajstić information content (AvgIpc) is 2.84. The molecule has 0 bridgehead atoms. The lowest BCUT2D eigenvalue weighted by atomic mass is 9.72. The predicted molar refractivity (Wildman–Crippen MR) is 86.4 cm³/mol. The van der Waals surface area contributed by atoms with Crippen molar-refractivity contribution in [3.05, 3.63) is 35.9 Å². The molecule has 1 atom stereocenters. The maximum Gasteiger partial charge on any atom is 0.251 e. The van der Waals surface area contributed by atoms with Crippen LogP contribution in [0.15, 0.2) is 30.3 Å². The molecule has 23 heavy (non-hydrogen) atoms. The highest BCUT2D eigenvalue weighted by Crippen LogP contribution is 2.42. The Labute approximate surface area is 136 Å². The van der Waals surface area contributed by atoms with Gasteiger partial charge in [-0.1, -0.05) is 30.3 Å². The number of carbonyl (C=O) groups excluding carboxylic acids is 2. The van der Waals surface area contributed by atoms with Crippen molar-refractivity contribution in [1.29, 1.82) is 0 Å². The van der Waals surface area contributed by atoms with Gasteiger partial charge in [0, 0.05) is 6.54 Å². The SMILES string of the molecule is CC(C)(C(=O)NO)C(C)(C)N1CCC(N)(c2ccccc2)C1=O. The molecular weight excluding hydrogens is 294 g/mol. The van der Waals surface area contributed by atoms with E-state index in [2.05, 4.69) is 0 Å². The number of rotatable bonds is 4. The molecule has 2 rings (SSSR count). The number of hydroxylamine groups is 1. The summed E-state index contributed by atoms with van der Waals surface area (Å²) in [4.78, 5) is 26.7. The van der Waals surface area contributed by atoms with Gasteiger partial charge in [-0.2, -0.15) is 0 Å². The number of nitrogens with zero attached hydrogens (tertiary/aromatic N) is 1. The standard InChI is InChI=1S/C17H25N3O3/c1-15(2,13(21)19-23)16(3,4)20-11-10-17(18,14(20)22)12-8-6-5-7-9-12/h5-9,23H,10-11,18H2,1-4H3,(H,19,21). The van der Waals surface area contributed by atoms with Crippen LogP contribution < -0.4 is 11.2 Å². The van der Waals surface area contributed by atoms with Gasteiger partial charge in [-0.15, -0.1) is 0 Å². The van der Waals surface area contributed by atoms with Crippen LogP contribution in [0, 0.1) is 5.41 Å². The molecule has 1 aliphatic heterocycles. The second kappa shape index (κ2) is 5.62. The molecule has 0 spiro atoms. The number of likely N-dealkylation sites (tertiary alicyclic amines) is 1. The average molecular weight is 319 g/mol. The summed E-state index contributed by atoms with van der Waals surface area (Å²) in [6, 6.07) is 9.28. The van der Waals surface area contributed by atoms with Crippen LogP contribution in [0.2, 0.25) is 0 Å². The van der Waals surface area contributed by atoms with Gasteiger partial charge in [-0.3, -0.25) is 14.8 Å². The first kappa shape index (κ1) is 17.4. The summed E-state index contributed by atoms with van der Waals surface area (Å²) in [5.74, 6) is -0.739. The lowest BCUT2D eigenvalue weighted by Crippen LogP contribution is -2.61. The van der Waals surface area contributed by atoms with Crippen LogP contribution in [-0.4, -0.2) is 34.0 Å². The molecule has 2 amide bonds. The van der Waals surface area contributed by atoms with Crippen molar-refractivity contribution in [2.75, 3.05) is 6.54 Å². The number of carbonyl (C=O) groups is 2. The van der Waals surface area contributed by atoms with Crippen molar-refractivity contribution in [2.24, 2.45) is 11.1 Å². The molecule has 0 aromatic heterocycles. The van der Waals surface area contributed by atoms with E-state index >= 15 is 0 Å². The van der Waals surface area contributed by atoms with Crippen molar-refractivity contribution >= 4 is 11.8 Å². The minimum atomic E-state index is -1.08. The summed E-state index contributed by atoms with van der Waals surface area (Å²) in [5, 5.41) is 9.00. The fourth-order valence-electron chi connectivity index (χ4n) is 3.03. The van der Waals surface area contributed by atoms with E-state index in [0.29, 0.717) is 13.0 Å². The van der Waals surface area contributed by atoms with E-state index in [9.17, 15) is 9.59 Å². The lowest BCUT2D eigenvalue weighted by molar-refractivity contribution is -0.152. The number of hydrogen-bond donors (Lipinski definition) is 3. The lowest BCUT2D eigenvalue weighted by Gasteiger charge is -2.46. The third-order valence-electron chi connectivity index (χ3n) is 5.52. The van der Waals surface area contributed by atoms with E-state index in [1.807, 2.05) is 44.2 Å². The Morgan fingerprint density at radius 3 is 2.35 bits per heavy atom. The maximum atomic E-state index is 13.0. The highest BCUT2D eigenvalue weighted by molar-refractivity contribution is 5.91. The van der Waals surface area contributed by atoms with Crippen LogP contribution >= 0.6 is 0 Å². The highest BCUT2D eigenvalue weighted by Gasteiger charge is 2.55. The van der Waals surface area contributed by atoms with E-state index in [4.69, 9.17) is 10.9 Å². The van der Waals surface area contributed by atoms with Crippen LogP contribution in [0.5, 0.6) is 0 Å². The van der Waals surface area contributed by atoms with Gasteiger partial charge in [-0.05, 0) is 39.7 Å². The van der Waals surface area contributed by atoms with Crippen molar-refractivity contribution < 1.29 is 14.8 Å². The zero-order valence-corrected chi connectivity index (χ0v) is 14.1. The number of hydrogen-bond acceptors (Lipinski definition) is 4. The van der Waals surface area contributed by atoms with Gasteiger partial charge in [0.1, 0.15) is 5.54 Å². The van der Waals surface area contributed by atoms with Gasteiger partial charge in [0.05, 0.1) is 11.0 Å². The van der Waals surface area contributed by atoms with Crippen LogP contribution in [0.3, 0.4) is 0 Å². The Morgan fingerprint density at radius 2 is 1.83 bits per heavy atom. The van der Waals surface area contributed by atoms with Crippen molar-refractivity contribution in [3.63, 3.8) is 0 Å². The fraction of sp³-hybridized carbons (Fsp3) is 0.529. The van der Waals surface area contributed by atoms with Gasteiger partial charge in [0.2, 0.25) is 5.91 Å². The monoisotopic (exact) mass is 319 g/mol. The van der Waals surface area contributed by atoms with E-state index in [1.165, 1.54) is 0 Å². The van der Waals surface area contributed by atoms with Crippen LogP contribution in [-0.2, 0) is 15.1 Å². The first-order valence-corrected chi connectivity index (χ1v) is 7.70. The minimum Gasteiger partial charge on any atom is -0.335 e. The zero-order valence-electron chi connectivity index (χ0n) is 14.1. The van der Waals surface area contributed by atoms with E-state index in [-0.39, 0.29) is 5.91 Å². The van der Waals surface area contributed by atoms with Crippen molar-refractivity contribution in [1.82, 2.24) is 10.4 Å². The molecule has 4 N–H and O–H groups in total. The smallest absolute Gasteiger partial charge is 0.251 e. The van der Waals surface area contributed by atoms with E-state index in [1.54, 1.807) is 24.2 Å². The minimum absolute atomic E-state index is 0.201. The molecule has 1 heterocycles. The first-order chi connectivity index (χ1) is 10.6. The molecule has 1 aromatic carbocycles. The predicted octanol–water partition coefficient (Wildman–Crippen LogP) is 1.38. The zero-order chi connectivity index (χ0) is 17.5. The molecule has 6 heteroatoms. The molecule has 126 valence electrons. The van der Waals surface area contributed by atoms with Gasteiger partial charge >= 0.3 is 0 Å². The van der Waals surface area contributed by atoms with Gasteiger partial charge in [-0.25, -0.2) is 5.48 Å². The third kappa shape index (κ3) is 2.52. The van der Waals surface area contributed by atoms with Gasteiger partial charge in [0.15, 0.2) is 0 Å². The van der Waals surface area contributed by atoms with E-state index < -0.39 is 22.4 Å².